The van der Waals surface area contributed by atoms with Gasteiger partial charge in [-0.2, -0.15) is 9.57 Å². The van der Waals surface area contributed by atoms with Crippen LogP contribution in [-0.2, 0) is 30.8 Å². The van der Waals surface area contributed by atoms with Gasteiger partial charge < -0.3 is 15.4 Å². The third-order valence-electron chi connectivity index (χ3n) is 8.11. The maximum absolute atomic E-state index is 13.8. The number of hydrogen-bond acceptors (Lipinski definition) is 9. The maximum atomic E-state index is 13.8. The summed E-state index contributed by atoms with van der Waals surface area (Å²) in [5.41, 5.74) is 1.06. The summed E-state index contributed by atoms with van der Waals surface area (Å²) in [6.07, 6.45) is 2.40. The first-order valence-corrected chi connectivity index (χ1v) is 17.2. The zero-order chi connectivity index (χ0) is 35.5. The molecular weight excluding hydrogens is 705 g/mol. The average molecular weight is 736 g/mol. The van der Waals surface area contributed by atoms with Crippen LogP contribution in [0.2, 0.25) is 10.0 Å². The van der Waals surface area contributed by atoms with E-state index in [1.54, 1.807) is 31.2 Å². The predicted octanol–water partition coefficient (Wildman–Crippen LogP) is 3.89. The van der Waals surface area contributed by atoms with Gasteiger partial charge in [-0.05, 0) is 49.2 Å². The standard InChI is InChI=1S/C32H30Cl2F2N6O6S/c1-2-48-31(45)26(11-19-6-8-21(9-7-19)39-30(44)28-24(33)14-38-15-25(28)34)40-29(43)27-12-22(41-17-32(35,36)18-41)16-42(27)49(46,47)23-5-3-4-20(10-23)13-37/h3-10,14-15,22,26-27H,2,11-12,16-18H2,1H3,(H,39,44)(H,40,43)/t22-,26+,27+/m1/s1. The van der Waals surface area contributed by atoms with E-state index in [-0.39, 0.29) is 52.1 Å². The number of carbonyl (C=O) groups excluding carboxylic acids is 3. The Balaban J connectivity index is 1.35. The van der Waals surface area contributed by atoms with E-state index < -0.39 is 64.9 Å². The molecule has 2 aliphatic rings. The smallest absolute Gasteiger partial charge is 0.328 e. The fourth-order valence-corrected chi connectivity index (χ4v) is 7.92. The lowest BCUT2D eigenvalue weighted by atomic mass is 10.0. The van der Waals surface area contributed by atoms with Gasteiger partial charge in [0.25, 0.3) is 11.8 Å². The lowest BCUT2D eigenvalue weighted by Gasteiger charge is -2.42. The van der Waals surface area contributed by atoms with Crippen LogP contribution in [-0.4, -0.2) is 90.7 Å². The van der Waals surface area contributed by atoms with Crippen LogP contribution < -0.4 is 10.6 Å². The van der Waals surface area contributed by atoms with Gasteiger partial charge in [-0.25, -0.2) is 22.0 Å². The highest BCUT2D eigenvalue weighted by molar-refractivity contribution is 7.89. The molecule has 0 bridgehead atoms. The van der Waals surface area contributed by atoms with Crippen molar-refractivity contribution in [1.29, 1.82) is 5.26 Å². The van der Waals surface area contributed by atoms with Crippen LogP contribution in [0, 0.1) is 11.3 Å². The number of ether oxygens (including phenoxy) is 1. The quantitative estimate of drug-likeness (QED) is 0.279. The number of nitrogens with zero attached hydrogens (tertiary/aromatic N) is 4. The molecule has 0 spiro atoms. The Morgan fingerprint density at radius 1 is 1.12 bits per heavy atom. The Morgan fingerprint density at radius 3 is 2.41 bits per heavy atom. The lowest BCUT2D eigenvalue weighted by molar-refractivity contribution is -0.148. The van der Waals surface area contributed by atoms with Crippen molar-refractivity contribution in [2.24, 2.45) is 0 Å². The topological polar surface area (TPSA) is 162 Å². The molecule has 0 unspecified atom stereocenters. The van der Waals surface area contributed by atoms with E-state index in [1.165, 1.54) is 41.6 Å². The highest BCUT2D eigenvalue weighted by Crippen LogP contribution is 2.36. The SMILES string of the molecule is CCOC(=O)[C@H](Cc1ccc(NC(=O)c2c(Cl)cncc2Cl)cc1)NC(=O)[C@@H]1C[C@@H](N2CC(F)(F)C2)CN1S(=O)(=O)c1cccc(C#N)c1. The number of sulfonamides is 1. The van der Waals surface area contributed by atoms with Crippen LogP contribution in [0.1, 0.15) is 34.8 Å². The molecule has 49 heavy (non-hydrogen) atoms. The van der Waals surface area contributed by atoms with Gasteiger partial charge in [-0.1, -0.05) is 41.4 Å². The van der Waals surface area contributed by atoms with E-state index in [9.17, 15) is 36.8 Å². The molecule has 2 N–H and O–H groups in total. The number of rotatable bonds is 11. The van der Waals surface area contributed by atoms with E-state index >= 15 is 0 Å². The number of likely N-dealkylation sites (tertiary alicyclic amines) is 1. The molecule has 3 atom stereocenters. The summed E-state index contributed by atoms with van der Waals surface area (Å²) in [5.74, 6) is -5.08. The monoisotopic (exact) mass is 734 g/mol. The molecule has 3 heterocycles. The number of amides is 2. The number of hydrogen-bond donors (Lipinski definition) is 2. The van der Waals surface area contributed by atoms with Gasteiger partial charge in [-0.15, -0.1) is 0 Å². The zero-order valence-corrected chi connectivity index (χ0v) is 28.2. The Bertz CT molecular complexity index is 1880. The largest absolute Gasteiger partial charge is 0.464 e. The summed E-state index contributed by atoms with van der Waals surface area (Å²) in [5, 5.41) is 14.7. The van der Waals surface area contributed by atoms with Crippen molar-refractivity contribution in [3.05, 3.63) is 87.7 Å². The minimum absolute atomic E-state index is 0.000704. The first kappa shape index (κ1) is 36.1. The molecule has 2 saturated heterocycles. The molecule has 3 aromatic rings. The number of carbonyl (C=O) groups is 3. The van der Waals surface area contributed by atoms with Gasteiger partial charge in [0.05, 0.1) is 51.8 Å². The van der Waals surface area contributed by atoms with E-state index in [1.807, 2.05) is 6.07 Å². The van der Waals surface area contributed by atoms with Gasteiger partial charge in [0.1, 0.15) is 12.1 Å². The molecule has 0 saturated carbocycles. The second-order valence-electron chi connectivity index (χ2n) is 11.5. The van der Waals surface area contributed by atoms with E-state index in [0.717, 1.165) is 4.31 Å². The van der Waals surface area contributed by atoms with Crippen LogP contribution in [0.15, 0.2) is 65.8 Å². The van der Waals surface area contributed by atoms with Crippen LogP contribution >= 0.6 is 23.2 Å². The average Bonchev–Trinajstić information content (AvgIpc) is 3.51. The van der Waals surface area contributed by atoms with Gasteiger partial charge in [-0.3, -0.25) is 19.5 Å². The van der Waals surface area contributed by atoms with Crippen molar-refractivity contribution < 1.29 is 36.3 Å². The van der Waals surface area contributed by atoms with E-state index in [2.05, 4.69) is 15.6 Å². The molecule has 2 aromatic carbocycles. The fraction of sp³-hybridized carbons (Fsp3) is 0.344. The third-order valence-corrected chi connectivity index (χ3v) is 10.6. The number of halogens is 4. The number of alkyl halides is 2. The lowest BCUT2D eigenvalue weighted by Crippen LogP contribution is -2.60. The molecule has 0 radical (unpaired) electrons. The summed E-state index contributed by atoms with van der Waals surface area (Å²) in [6.45, 7) is 0.188. The molecule has 12 nitrogen and oxygen atoms in total. The maximum Gasteiger partial charge on any atom is 0.328 e. The number of anilines is 1. The number of nitrogens with one attached hydrogen (secondary N) is 2. The van der Waals surface area contributed by atoms with Gasteiger partial charge in [0, 0.05) is 37.1 Å². The van der Waals surface area contributed by atoms with E-state index in [4.69, 9.17) is 27.9 Å². The van der Waals surface area contributed by atoms with Crippen molar-refractivity contribution >= 4 is 56.7 Å². The van der Waals surface area contributed by atoms with Crippen LogP contribution in [0.3, 0.4) is 0 Å². The van der Waals surface area contributed by atoms with Gasteiger partial charge in [0.2, 0.25) is 15.9 Å². The number of nitriles is 1. The molecule has 2 fully saturated rings. The second-order valence-corrected chi connectivity index (χ2v) is 14.2. The minimum Gasteiger partial charge on any atom is -0.464 e. The molecule has 5 rings (SSSR count). The zero-order valence-electron chi connectivity index (χ0n) is 25.9. The first-order chi connectivity index (χ1) is 23.2. The Labute approximate surface area is 291 Å². The van der Waals surface area contributed by atoms with Crippen molar-refractivity contribution in [2.45, 2.75) is 48.7 Å². The van der Waals surface area contributed by atoms with Crippen LogP contribution in [0.4, 0.5) is 14.5 Å². The molecule has 2 amide bonds. The summed E-state index contributed by atoms with van der Waals surface area (Å²) < 4.78 is 61.2. The van der Waals surface area contributed by atoms with Crippen molar-refractivity contribution in [1.82, 2.24) is 19.5 Å². The third kappa shape index (κ3) is 8.17. The molecular formula is C32H30Cl2F2N6O6S. The molecule has 1 aromatic heterocycles. The fourth-order valence-electron chi connectivity index (χ4n) is 5.71. The molecule has 2 aliphatic heterocycles. The Morgan fingerprint density at radius 2 is 1.80 bits per heavy atom. The summed E-state index contributed by atoms with van der Waals surface area (Å²) in [7, 11) is -4.37. The Hall–Kier alpha value is -4.20. The molecule has 17 heteroatoms. The van der Waals surface area contributed by atoms with Crippen molar-refractivity contribution in [2.75, 3.05) is 31.6 Å². The summed E-state index contributed by atoms with van der Waals surface area (Å²) in [4.78, 5) is 44.6. The number of pyridine rings is 1. The normalized spacial score (nSPS) is 19.7. The predicted molar refractivity (Wildman–Crippen MR) is 175 cm³/mol. The highest BCUT2D eigenvalue weighted by Gasteiger charge is 2.53. The van der Waals surface area contributed by atoms with Crippen molar-refractivity contribution in [3.8, 4) is 6.07 Å². The number of esters is 1. The van der Waals surface area contributed by atoms with Crippen LogP contribution in [0.5, 0.6) is 0 Å². The summed E-state index contributed by atoms with van der Waals surface area (Å²) in [6, 6.07) is 10.2. The van der Waals surface area contributed by atoms with E-state index in [0.29, 0.717) is 11.3 Å². The molecule has 0 aliphatic carbocycles. The van der Waals surface area contributed by atoms with Crippen molar-refractivity contribution in [3.63, 3.8) is 0 Å². The highest BCUT2D eigenvalue weighted by atomic mass is 35.5. The number of aromatic nitrogens is 1. The Kier molecular flexibility index (Phi) is 10.9. The first-order valence-electron chi connectivity index (χ1n) is 15.0. The van der Waals surface area contributed by atoms with Crippen LogP contribution in [0.25, 0.3) is 0 Å². The minimum atomic E-state index is -4.37. The van der Waals surface area contributed by atoms with Gasteiger partial charge in [0.15, 0.2) is 0 Å². The second kappa shape index (κ2) is 14.7. The van der Waals surface area contributed by atoms with Gasteiger partial charge >= 0.3 is 5.97 Å². The molecule has 258 valence electrons. The number of benzene rings is 2. The summed E-state index contributed by atoms with van der Waals surface area (Å²) >= 11 is 12.1.